The highest BCUT2D eigenvalue weighted by molar-refractivity contribution is 7.92. The van der Waals surface area contributed by atoms with Gasteiger partial charge in [-0.05, 0) is 36.4 Å². The van der Waals surface area contributed by atoms with E-state index in [-0.39, 0.29) is 34.9 Å². The molecule has 0 aromatic heterocycles. The summed E-state index contributed by atoms with van der Waals surface area (Å²) >= 11 is 0. The first-order valence-corrected chi connectivity index (χ1v) is 9.75. The highest BCUT2D eigenvalue weighted by Crippen LogP contribution is 2.35. The topological polar surface area (TPSA) is 92.8 Å². The summed E-state index contributed by atoms with van der Waals surface area (Å²) in [6.45, 7) is 0. The lowest BCUT2D eigenvalue weighted by atomic mass is 10.2. The Morgan fingerprint density at radius 3 is 2.28 bits per heavy atom. The lowest BCUT2D eigenvalue weighted by Gasteiger charge is -2.19. The highest BCUT2D eigenvalue weighted by atomic mass is 32.2. The molecule has 0 atom stereocenters. The largest absolute Gasteiger partial charge is 0.495 e. The zero-order valence-corrected chi connectivity index (χ0v) is 15.8. The molecule has 1 aliphatic heterocycles. The molecule has 11 heteroatoms. The molecule has 0 unspecified atom stereocenters. The Hall–Kier alpha value is -3.08. The zero-order valence-electron chi connectivity index (χ0n) is 15.0. The van der Waals surface area contributed by atoms with Crippen LogP contribution >= 0.6 is 0 Å². The summed E-state index contributed by atoms with van der Waals surface area (Å²) in [6, 6.07) is 7.20. The second-order valence-corrected chi connectivity index (χ2v) is 7.82. The normalized spacial score (nSPS) is 15.0. The van der Waals surface area contributed by atoms with Crippen LogP contribution in [0.1, 0.15) is 18.4 Å². The Bertz CT molecular complexity index is 1070. The molecule has 1 N–H and O–H groups in total. The van der Waals surface area contributed by atoms with E-state index in [1.165, 1.54) is 19.2 Å². The van der Waals surface area contributed by atoms with E-state index in [0.717, 1.165) is 29.2 Å². The first-order chi connectivity index (χ1) is 13.5. The van der Waals surface area contributed by atoms with Crippen molar-refractivity contribution in [1.82, 2.24) is 0 Å². The average Bonchev–Trinajstić information content (AvgIpc) is 2.98. The Labute approximate surface area is 164 Å². The molecule has 2 aromatic carbocycles. The standard InChI is InChI=1S/C18H15F3N2O5S/c1-28-15-6-5-13(10-14(15)23-16(24)7-8-17(23)25)29(26,27)22-12-4-2-3-11(9-12)18(19,20)21/h2-6,9-10,22H,7-8H2,1H3. The minimum absolute atomic E-state index is 0.0125. The van der Waals surface area contributed by atoms with E-state index in [0.29, 0.717) is 6.07 Å². The van der Waals surface area contributed by atoms with Gasteiger partial charge >= 0.3 is 6.18 Å². The van der Waals surface area contributed by atoms with Crippen molar-refractivity contribution >= 4 is 33.2 Å². The smallest absolute Gasteiger partial charge is 0.416 e. The van der Waals surface area contributed by atoms with Gasteiger partial charge in [0.05, 0.1) is 23.3 Å². The number of nitrogens with one attached hydrogen (secondary N) is 1. The maximum atomic E-state index is 12.8. The number of nitrogens with zero attached hydrogens (tertiary/aromatic N) is 1. The summed E-state index contributed by atoms with van der Waals surface area (Å²) in [4.78, 5) is 24.5. The summed E-state index contributed by atoms with van der Waals surface area (Å²) in [5, 5.41) is 0. The van der Waals surface area contributed by atoms with Crippen molar-refractivity contribution in [2.45, 2.75) is 23.9 Å². The molecular weight excluding hydrogens is 413 g/mol. The van der Waals surface area contributed by atoms with Crippen LogP contribution in [0.3, 0.4) is 0 Å². The number of sulfonamides is 1. The second kappa shape index (κ2) is 7.39. The van der Waals surface area contributed by atoms with Gasteiger partial charge in [0.1, 0.15) is 5.75 Å². The van der Waals surface area contributed by atoms with Gasteiger partial charge in [-0.3, -0.25) is 14.3 Å². The second-order valence-electron chi connectivity index (χ2n) is 6.14. The number of hydrogen-bond acceptors (Lipinski definition) is 5. The molecule has 7 nitrogen and oxygen atoms in total. The van der Waals surface area contributed by atoms with Crippen LogP contribution in [0.25, 0.3) is 0 Å². The zero-order chi connectivity index (χ0) is 21.4. The van der Waals surface area contributed by atoms with Gasteiger partial charge in [0.25, 0.3) is 10.0 Å². The fourth-order valence-corrected chi connectivity index (χ4v) is 3.90. The Morgan fingerprint density at radius 2 is 1.69 bits per heavy atom. The molecule has 0 aliphatic carbocycles. The molecule has 29 heavy (non-hydrogen) atoms. The van der Waals surface area contributed by atoms with Crippen LogP contribution in [0.2, 0.25) is 0 Å². The summed E-state index contributed by atoms with van der Waals surface area (Å²) in [7, 11) is -3.02. The van der Waals surface area contributed by atoms with Crippen LogP contribution in [-0.2, 0) is 25.8 Å². The Morgan fingerprint density at radius 1 is 1.03 bits per heavy atom. The predicted molar refractivity (Wildman–Crippen MR) is 97.0 cm³/mol. The van der Waals surface area contributed by atoms with E-state index in [9.17, 15) is 31.2 Å². The third-order valence-corrected chi connectivity index (χ3v) is 5.57. The maximum Gasteiger partial charge on any atom is 0.416 e. The van der Waals surface area contributed by atoms with E-state index in [4.69, 9.17) is 4.74 Å². The van der Waals surface area contributed by atoms with Crippen LogP contribution in [0.4, 0.5) is 24.5 Å². The first-order valence-electron chi connectivity index (χ1n) is 8.27. The number of halogens is 3. The number of anilines is 2. The van der Waals surface area contributed by atoms with E-state index < -0.39 is 33.6 Å². The molecule has 0 saturated carbocycles. The number of ether oxygens (including phenoxy) is 1. The van der Waals surface area contributed by atoms with Gasteiger partial charge in [0.15, 0.2) is 0 Å². The quantitative estimate of drug-likeness (QED) is 0.739. The number of methoxy groups -OCH3 is 1. The number of alkyl halides is 3. The van der Waals surface area contributed by atoms with Crippen molar-refractivity contribution in [3.8, 4) is 5.75 Å². The number of amides is 2. The molecule has 2 amide bonds. The molecule has 2 aromatic rings. The predicted octanol–water partition coefficient (Wildman–Crippen LogP) is 3.17. The number of carbonyl (C=O) groups excluding carboxylic acids is 2. The molecule has 1 heterocycles. The fraction of sp³-hybridized carbons (Fsp3) is 0.222. The van der Waals surface area contributed by atoms with Crippen molar-refractivity contribution in [3.63, 3.8) is 0 Å². The molecule has 0 spiro atoms. The minimum Gasteiger partial charge on any atom is -0.495 e. The minimum atomic E-state index is -4.63. The molecule has 154 valence electrons. The number of carbonyl (C=O) groups is 2. The van der Waals surface area contributed by atoms with Crippen LogP contribution in [0, 0.1) is 0 Å². The van der Waals surface area contributed by atoms with Crippen LogP contribution in [0.5, 0.6) is 5.75 Å². The van der Waals surface area contributed by atoms with Crippen molar-refractivity contribution in [1.29, 1.82) is 0 Å². The van der Waals surface area contributed by atoms with Gasteiger partial charge in [-0.1, -0.05) is 6.07 Å². The van der Waals surface area contributed by atoms with E-state index in [1.807, 2.05) is 0 Å². The molecule has 0 radical (unpaired) electrons. The van der Waals surface area contributed by atoms with Crippen LogP contribution in [-0.4, -0.2) is 27.3 Å². The third-order valence-electron chi connectivity index (χ3n) is 4.20. The van der Waals surface area contributed by atoms with Crippen LogP contribution < -0.4 is 14.4 Å². The van der Waals surface area contributed by atoms with Crippen molar-refractivity contribution in [2.75, 3.05) is 16.7 Å². The number of imide groups is 1. The van der Waals surface area contributed by atoms with Gasteiger partial charge in [-0.25, -0.2) is 13.3 Å². The Kier molecular flexibility index (Phi) is 5.26. The van der Waals surface area contributed by atoms with E-state index in [2.05, 4.69) is 4.72 Å². The lowest BCUT2D eigenvalue weighted by Crippen LogP contribution is -2.29. The fourth-order valence-electron chi connectivity index (χ4n) is 2.83. The molecule has 1 fully saturated rings. The summed E-state index contributed by atoms with van der Waals surface area (Å²) in [6.07, 6.45) is -4.66. The van der Waals surface area contributed by atoms with Crippen molar-refractivity contribution < 1.29 is 35.9 Å². The van der Waals surface area contributed by atoms with Crippen molar-refractivity contribution in [3.05, 3.63) is 48.0 Å². The first kappa shape index (κ1) is 20.6. The lowest BCUT2D eigenvalue weighted by molar-refractivity contribution is -0.137. The maximum absolute atomic E-state index is 12.8. The van der Waals surface area contributed by atoms with Gasteiger partial charge in [-0.2, -0.15) is 13.2 Å². The number of benzene rings is 2. The van der Waals surface area contributed by atoms with E-state index in [1.54, 1.807) is 0 Å². The summed E-state index contributed by atoms with van der Waals surface area (Å²) in [5.74, 6) is -0.908. The number of rotatable bonds is 5. The third kappa shape index (κ3) is 4.19. The molecule has 1 saturated heterocycles. The summed E-state index contributed by atoms with van der Waals surface area (Å²) in [5.41, 5.74) is -1.35. The molecule has 3 rings (SSSR count). The highest BCUT2D eigenvalue weighted by Gasteiger charge is 2.34. The van der Waals surface area contributed by atoms with Crippen LogP contribution in [0.15, 0.2) is 47.4 Å². The van der Waals surface area contributed by atoms with Gasteiger partial charge < -0.3 is 4.74 Å². The molecule has 1 aliphatic rings. The monoisotopic (exact) mass is 428 g/mol. The number of hydrogen-bond donors (Lipinski definition) is 1. The summed E-state index contributed by atoms with van der Waals surface area (Å²) < 4.78 is 71.1. The molecule has 0 bridgehead atoms. The van der Waals surface area contributed by atoms with Gasteiger partial charge in [0.2, 0.25) is 11.8 Å². The van der Waals surface area contributed by atoms with Gasteiger partial charge in [-0.15, -0.1) is 0 Å². The van der Waals surface area contributed by atoms with E-state index >= 15 is 0 Å². The SMILES string of the molecule is COc1ccc(S(=O)(=O)Nc2cccc(C(F)(F)F)c2)cc1N1C(=O)CCC1=O. The van der Waals surface area contributed by atoms with Gasteiger partial charge in [0, 0.05) is 18.5 Å². The Balaban J connectivity index is 1.99. The molecular formula is C18H15F3N2O5S. The average molecular weight is 428 g/mol. The van der Waals surface area contributed by atoms with Crippen molar-refractivity contribution in [2.24, 2.45) is 0 Å².